The minimum Gasteiger partial charge on any atom is -0.348 e. The van der Waals surface area contributed by atoms with E-state index in [1.165, 1.54) is 18.2 Å². The number of sulfone groups is 1. The molecule has 4 heterocycles. The van der Waals surface area contributed by atoms with Crippen LogP contribution in [-0.4, -0.2) is 56.3 Å². The standard InChI is InChI=1S/C48H54N2O9S/c1-32-19-24-41-33(2)45(56-46-48(41)40(32)25-27-47(3,57-46)58-59-48)55-31-36-20-22-37(23-21-36)43(51)50-42(30-35-15-9-5-10-16-35)44(52)49-38(29-34-13-7-4-8-14-34)26-28-60(53,54)39-17-11-6-12-18-39/h4-18,20-23,26,28,32-33,38,40-42,45-46H,19,24-25,27,29-31H2,1-3H3,(H,49,52)(H,50,51)/b28-26+/t32-,33-,38-,40+,41+,42+,45+,46-,47-,48-/m1/s1. The maximum absolute atomic E-state index is 14.1. The molecule has 1 aliphatic carbocycles. The van der Waals surface area contributed by atoms with Crippen molar-refractivity contribution in [2.24, 2.45) is 23.7 Å². The number of carbonyl (C=O) groups excluding carboxylic acids is 2. The fourth-order valence-electron chi connectivity index (χ4n) is 9.50. The monoisotopic (exact) mass is 834 g/mol. The minimum atomic E-state index is -3.77. The van der Waals surface area contributed by atoms with Crippen molar-refractivity contribution >= 4 is 21.7 Å². The second-order valence-corrected chi connectivity index (χ2v) is 18.8. The molecule has 2 amide bonds. The number of fused-ring (bicyclic) bond motifs is 2. The van der Waals surface area contributed by atoms with Gasteiger partial charge in [-0.1, -0.05) is 111 Å². The number of amides is 2. The zero-order valence-electron chi connectivity index (χ0n) is 34.3. The topological polar surface area (TPSA) is 138 Å². The van der Waals surface area contributed by atoms with Crippen molar-refractivity contribution < 1.29 is 42.0 Å². The van der Waals surface area contributed by atoms with Crippen LogP contribution in [0.4, 0.5) is 0 Å². The smallest absolute Gasteiger partial charge is 0.251 e. The van der Waals surface area contributed by atoms with E-state index in [2.05, 4.69) is 24.5 Å². The number of nitrogens with one attached hydrogen (secondary N) is 2. The molecule has 1 saturated carbocycles. The van der Waals surface area contributed by atoms with Gasteiger partial charge in [-0.3, -0.25) is 9.59 Å². The first-order valence-corrected chi connectivity index (χ1v) is 22.6. The van der Waals surface area contributed by atoms with Gasteiger partial charge in [0.1, 0.15) is 6.04 Å². The van der Waals surface area contributed by atoms with Gasteiger partial charge in [0.05, 0.1) is 17.5 Å². The summed E-state index contributed by atoms with van der Waals surface area (Å²) in [5.74, 6) is -0.836. The van der Waals surface area contributed by atoms with Crippen molar-refractivity contribution in [3.8, 4) is 0 Å². The summed E-state index contributed by atoms with van der Waals surface area (Å²) in [5.41, 5.74) is 2.32. The van der Waals surface area contributed by atoms with Crippen molar-refractivity contribution in [2.75, 3.05) is 0 Å². The summed E-state index contributed by atoms with van der Waals surface area (Å²) in [7, 11) is -3.77. The Hall–Kier alpha value is -4.69. The molecule has 0 unspecified atom stereocenters. The Kier molecular flexibility index (Phi) is 12.4. The van der Waals surface area contributed by atoms with E-state index in [0.29, 0.717) is 17.9 Å². The summed E-state index contributed by atoms with van der Waals surface area (Å²) in [4.78, 5) is 40.3. The van der Waals surface area contributed by atoms with Crippen LogP contribution in [0.5, 0.6) is 0 Å². The van der Waals surface area contributed by atoms with Crippen LogP contribution in [0.2, 0.25) is 0 Å². The van der Waals surface area contributed by atoms with Crippen LogP contribution in [0.3, 0.4) is 0 Å². The highest BCUT2D eigenvalue weighted by molar-refractivity contribution is 7.94. The van der Waals surface area contributed by atoms with Gasteiger partial charge in [-0.2, -0.15) is 0 Å². The van der Waals surface area contributed by atoms with Crippen molar-refractivity contribution in [3.63, 3.8) is 0 Å². The molecular formula is C48H54N2O9S. The molecule has 10 atom stereocenters. The van der Waals surface area contributed by atoms with E-state index in [1.807, 2.05) is 79.7 Å². The molecule has 60 heavy (non-hydrogen) atoms. The molecule has 0 radical (unpaired) electrons. The average molecular weight is 835 g/mol. The van der Waals surface area contributed by atoms with Gasteiger partial charge in [-0.05, 0) is 85.4 Å². The minimum absolute atomic E-state index is 0.0275. The first kappa shape index (κ1) is 42.0. The van der Waals surface area contributed by atoms with Crippen LogP contribution in [0.15, 0.2) is 132 Å². The lowest BCUT2D eigenvalue weighted by atomic mass is 9.58. The number of hydrogen-bond acceptors (Lipinski definition) is 9. The van der Waals surface area contributed by atoms with Gasteiger partial charge in [0.2, 0.25) is 11.7 Å². The second-order valence-electron chi connectivity index (χ2n) is 17.0. The average Bonchev–Trinajstić information content (AvgIpc) is 3.50. The van der Waals surface area contributed by atoms with Crippen LogP contribution < -0.4 is 10.6 Å². The number of benzene rings is 4. The SMILES string of the molecule is C[C@H]1[C@@H](OCc2ccc(C(=O)N[C@@H](Cc3ccccc3)C(=O)N[C@H](/C=C/S(=O)(=O)c3ccccc3)Cc3ccccc3)cc2)O[C@@H]2O[C@@]3(C)CC[C@H]4[C@H](C)CC[C@@H]1[C@@]24OO3. The summed E-state index contributed by atoms with van der Waals surface area (Å²) in [6.07, 6.45) is 4.69. The number of hydrogen-bond donors (Lipinski definition) is 2. The van der Waals surface area contributed by atoms with Gasteiger partial charge in [-0.15, -0.1) is 0 Å². The number of ether oxygens (including phenoxy) is 3. The normalized spacial score (nSPS) is 29.5. The van der Waals surface area contributed by atoms with Gasteiger partial charge in [0, 0.05) is 35.6 Å². The molecule has 2 N–H and O–H groups in total. The molecule has 0 aromatic heterocycles. The van der Waals surface area contributed by atoms with Crippen LogP contribution in [-0.2, 0) is 58.1 Å². The molecule has 5 fully saturated rings. The first-order chi connectivity index (χ1) is 28.9. The van der Waals surface area contributed by atoms with Crippen LogP contribution in [0.1, 0.15) is 73.5 Å². The molecule has 9 rings (SSSR count). The third-order valence-electron chi connectivity index (χ3n) is 12.8. The molecule has 4 saturated heterocycles. The molecule has 4 aliphatic heterocycles. The molecule has 11 nitrogen and oxygen atoms in total. The van der Waals surface area contributed by atoms with E-state index in [4.69, 9.17) is 24.0 Å². The quantitative estimate of drug-likeness (QED) is 0.124. The Balaban J connectivity index is 0.944. The lowest BCUT2D eigenvalue weighted by Crippen LogP contribution is -2.70. The largest absolute Gasteiger partial charge is 0.348 e. The van der Waals surface area contributed by atoms with Crippen molar-refractivity contribution in [1.29, 1.82) is 0 Å². The molecule has 5 aliphatic rings. The fourth-order valence-corrected chi connectivity index (χ4v) is 10.6. The molecule has 4 aromatic carbocycles. The van der Waals surface area contributed by atoms with E-state index in [0.717, 1.165) is 47.8 Å². The van der Waals surface area contributed by atoms with Crippen LogP contribution in [0.25, 0.3) is 0 Å². The first-order valence-electron chi connectivity index (χ1n) is 21.0. The highest BCUT2D eigenvalue weighted by atomic mass is 32.2. The van der Waals surface area contributed by atoms with Gasteiger partial charge >= 0.3 is 0 Å². The fraction of sp³-hybridized carbons (Fsp3) is 0.417. The van der Waals surface area contributed by atoms with Crippen molar-refractivity contribution in [3.05, 3.63) is 149 Å². The third-order valence-corrected chi connectivity index (χ3v) is 14.3. The summed E-state index contributed by atoms with van der Waals surface area (Å²) in [5, 5.41) is 7.10. The van der Waals surface area contributed by atoms with E-state index < -0.39 is 57.7 Å². The van der Waals surface area contributed by atoms with E-state index in [9.17, 15) is 18.0 Å². The molecule has 1 spiro atoms. The number of carbonyl (C=O) groups is 2. The lowest BCUT2D eigenvalue weighted by Gasteiger charge is -2.60. The van der Waals surface area contributed by atoms with Gasteiger partial charge in [0.25, 0.3) is 5.91 Å². The molecule has 4 aromatic rings. The number of rotatable bonds is 14. The Morgan fingerprint density at radius 3 is 2.12 bits per heavy atom. The lowest BCUT2D eigenvalue weighted by molar-refractivity contribution is -0.577. The molecule has 2 bridgehead atoms. The zero-order valence-corrected chi connectivity index (χ0v) is 35.1. The highest BCUT2D eigenvalue weighted by Crippen LogP contribution is 2.60. The molecule has 316 valence electrons. The van der Waals surface area contributed by atoms with Crippen LogP contribution >= 0.6 is 0 Å². The maximum atomic E-state index is 14.1. The van der Waals surface area contributed by atoms with Crippen molar-refractivity contribution in [2.45, 2.75) is 107 Å². The van der Waals surface area contributed by atoms with Crippen LogP contribution in [0, 0.1) is 23.7 Å². The predicted molar refractivity (Wildman–Crippen MR) is 224 cm³/mol. The maximum Gasteiger partial charge on any atom is 0.251 e. The summed E-state index contributed by atoms with van der Waals surface area (Å²) >= 11 is 0. The van der Waals surface area contributed by atoms with E-state index in [-0.39, 0.29) is 35.7 Å². The molecule has 12 heteroatoms. The summed E-state index contributed by atoms with van der Waals surface area (Å²) < 4.78 is 45.8. The van der Waals surface area contributed by atoms with Gasteiger partial charge in [0.15, 0.2) is 28.0 Å². The Morgan fingerprint density at radius 2 is 1.43 bits per heavy atom. The second kappa shape index (κ2) is 17.7. The zero-order chi connectivity index (χ0) is 41.9. The van der Waals surface area contributed by atoms with E-state index >= 15 is 0 Å². The predicted octanol–water partition coefficient (Wildman–Crippen LogP) is 7.47. The Morgan fingerprint density at radius 1 is 0.783 bits per heavy atom. The highest BCUT2D eigenvalue weighted by Gasteiger charge is 2.69. The van der Waals surface area contributed by atoms with E-state index in [1.54, 1.807) is 30.3 Å². The van der Waals surface area contributed by atoms with Gasteiger partial charge in [-0.25, -0.2) is 18.2 Å². The van der Waals surface area contributed by atoms with Crippen molar-refractivity contribution in [1.82, 2.24) is 10.6 Å². The summed E-state index contributed by atoms with van der Waals surface area (Å²) in [6.45, 7) is 6.60. The Labute approximate surface area is 352 Å². The summed E-state index contributed by atoms with van der Waals surface area (Å²) in [6, 6.07) is 32.5. The molecular weight excluding hydrogens is 781 g/mol. The van der Waals surface area contributed by atoms with Gasteiger partial charge < -0.3 is 24.8 Å². The Bertz CT molecular complexity index is 2240. The third kappa shape index (κ3) is 9.00.